The number of carbonyl (C=O) groups is 4. The number of esters is 1. The molecule has 10 heteroatoms. The molecule has 2 saturated heterocycles. The lowest BCUT2D eigenvalue weighted by molar-refractivity contribution is -0.161. The summed E-state index contributed by atoms with van der Waals surface area (Å²) in [6.07, 6.45) is 8.09. The maximum atomic E-state index is 13.4. The Morgan fingerprint density at radius 2 is 1.71 bits per heavy atom. The maximum absolute atomic E-state index is 13.4. The summed E-state index contributed by atoms with van der Waals surface area (Å²) in [4.78, 5) is 54.2. The smallest absolute Gasteiger partial charge is 0.317 e. The van der Waals surface area contributed by atoms with Gasteiger partial charge in [0.1, 0.15) is 6.54 Å². The third-order valence-corrected chi connectivity index (χ3v) is 9.60. The van der Waals surface area contributed by atoms with Crippen LogP contribution in [0.5, 0.6) is 11.5 Å². The van der Waals surface area contributed by atoms with Crippen LogP contribution in [0.15, 0.2) is 23.1 Å². The Balaban J connectivity index is 1.14. The molecule has 7 rings (SSSR count). The number of imide groups is 1. The normalized spacial score (nSPS) is 31.3. The van der Waals surface area contributed by atoms with Crippen LogP contribution in [0.1, 0.15) is 44.1 Å². The lowest BCUT2D eigenvalue weighted by atomic mass is 9.49. The average Bonchev–Trinajstić information content (AvgIpc) is 3.16. The molecule has 1 aromatic carbocycles. The summed E-state index contributed by atoms with van der Waals surface area (Å²) in [7, 11) is 1.51. The van der Waals surface area contributed by atoms with E-state index < -0.39 is 11.1 Å². The minimum atomic E-state index is -0.502. The number of thioether (sulfide) groups is 1. The molecule has 38 heavy (non-hydrogen) atoms. The first-order chi connectivity index (χ1) is 18.3. The topological polar surface area (TPSA) is 102 Å². The van der Waals surface area contributed by atoms with Crippen molar-refractivity contribution in [2.75, 3.05) is 40.0 Å². The van der Waals surface area contributed by atoms with Gasteiger partial charge in [0, 0.05) is 13.1 Å². The van der Waals surface area contributed by atoms with E-state index in [-0.39, 0.29) is 28.7 Å². The van der Waals surface area contributed by atoms with Gasteiger partial charge in [-0.3, -0.25) is 24.1 Å². The quantitative estimate of drug-likeness (QED) is 0.306. The van der Waals surface area contributed by atoms with Crippen LogP contribution < -0.4 is 9.47 Å². The van der Waals surface area contributed by atoms with Crippen LogP contribution in [0.4, 0.5) is 4.79 Å². The number of hydrogen-bond donors (Lipinski definition) is 0. The zero-order valence-corrected chi connectivity index (χ0v) is 22.3. The number of rotatable bonds is 6. The van der Waals surface area contributed by atoms with E-state index in [1.165, 1.54) is 26.4 Å². The van der Waals surface area contributed by atoms with Gasteiger partial charge in [-0.05, 0) is 91.8 Å². The molecule has 4 aliphatic carbocycles. The molecule has 4 saturated carbocycles. The van der Waals surface area contributed by atoms with E-state index in [1.54, 1.807) is 29.2 Å². The van der Waals surface area contributed by atoms with Crippen molar-refractivity contribution in [1.29, 1.82) is 0 Å². The summed E-state index contributed by atoms with van der Waals surface area (Å²) >= 11 is 0.803. The van der Waals surface area contributed by atoms with Crippen LogP contribution in [0.3, 0.4) is 0 Å². The molecule has 6 aliphatic rings. The molecule has 4 bridgehead atoms. The molecule has 1 aromatic rings. The van der Waals surface area contributed by atoms with Gasteiger partial charge in [-0.15, -0.1) is 0 Å². The van der Waals surface area contributed by atoms with Crippen LogP contribution in [0.25, 0.3) is 6.08 Å². The first kappa shape index (κ1) is 25.4. The molecule has 6 fully saturated rings. The van der Waals surface area contributed by atoms with E-state index in [9.17, 15) is 19.2 Å². The van der Waals surface area contributed by atoms with Gasteiger partial charge in [0.15, 0.2) is 11.5 Å². The van der Waals surface area contributed by atoms with Crippen LogP contribution in [-0.2, 0) is 19.1 Å². The van der Waals surface area contributed by atoms with Gasteiger partial charge in [0.2, 0.25) is 5.91 Å². The molecule has 0 N–H and O–H groups in total. The van der Waals surface area contributed by atoms with Gasteiger partial charge in [0.05, 0.1) is 30.6 Å². The number of benzene rings is 1. The lowest BCUT2D eigenvalue weighted by Gasteiger charge is -2.55. The van der Waals surface area contributed by atoms with E-state index >= 15 is 0 Å². The molecule has 0 spiro atoms. The maximum Gasteiger partial charge on any atom is 0.317 e. The molecule has 0 radical (unpaired) electrons. The lowest BCUT2D eigenvalue weighted by Crippen LogP contribution is -2.51. The van der Waals surface area contributed by atoms with Gasteiger partial charge in [-0.25, -0.2) is 0 Å². The molecule has 2 aliphatic heterocycles. The Labute approximate surface area is 225 Å². The van der Waals surface area contributed by atoms with Crippen LogP contribution in [-0.4, -0.2) is 72.8 Å². The molecule has 3 amide bonds. The Morgan fingerprint density at radius 1 is 1.05 bits per heavy atom. The highest BCUT2D eigenvalue weighted by atomic mass is 32.2. The predicted octanol–water partition coefficient (Wildman–Crippen LogP) is 3.71. The van der Waals surface area contributed by atoms with E-state index in [0.29, 0.717) is 61.1 Å². The molecule has 0 aromatic heterocycles. The van der Waals surface area contributed by atoms with Crippen molar-refractivity contribution in [1.82, 2.24) is 9.80 Å². The first-order valence-corrected chi connectivity index (χ1v) is 14.2. The Morgan fingerprint density at radius 3 is 2.34 bits per heavy atom. The van der Waals surface area contributed by atoms with E-state index in [2.05, 4.69) is 0 Å². The second-order valence-corrected chi connectivity index (χ2v) is 12.3. The summed E-state index contributed by atoms with van der Waals surface area (Å²) in [5, 5.41) is -0.476. The number of hydrogen-bond acceptors (Lipinski definition) is 8. The third kappa shape index (κ3) is 4.73. The summed E-state index contributed by atoms with van der Waals surface area (Å²) in [6, 6.07) is 5.10. The third-order valence-electron chi connectivity index (χ3n) is 8.69. The molecule has 9 nitrogen and oxygen atoms in total. The predicted molar refractivity (Wildman–Crippen MR) is 139 cm³/mol. The standard InChI is InChI=1S/C28H32N2O7S/c1-35-22-11-17(12-23-25(32)30(27(34)38-23)16-24(31)29-4-6-36-7-5-29)2-3-21(22)37-26(33)28-13-18-8-19(14-28)10-20(9-18)15-28/h2-3,11-12,18-20H,4-10,13-16H2,1H3/b23-12-. The molecule has 0 unspecified atom stereocenters. The van der Waals surface area contributed by atoms with Crippen molar-refractivity contribution in [3.05, 3.63) is 28.7 Å². The first-order valence-electron chi connectivity index (χ1n) is 13.3. The van der Waals surface area contributed by atoms with Gasteiger partial charge in [-0.1, -0.05) is 6.07 Å². The number of nitrogens with zero attached hydrogens (tertiary/aromatic N) is 2. The summed E-state index contributed by atoms with van der Waals surface area (Å²) in [5.74, 6) is 1.72. The van der Waals surface area contributed by atoms with Gasteiger partial charge in [-0.2, -0.15) is 0 Å². The fraction of sp³-hybridized carbons (Fsp3) is 0.571. The van der Waals surface area contributed by atoms with E-state index in [1.807, 2.05) is 0 Å². The number of ether oxygens (including phenoxy) is 3. The minimum Gasteiger partial charge on any atom is -0.493 e. The summed E-state index contributed by atoms with van der Waals surface area (Å²) < 4.78 is 16.7. The van der Waals surface area contributed by atoms with E-state index in [0.717, 1.165) is 35.9 Å². The molecule has 202 valence electrons. The number of amides is 3. The second kappa shape index (κ2) is 10.0. The van der Waals surface area contributed by atoms with Crippen molar-refractivity contribution in [2.24, 2.45) is 23.2 Å². The number of methoxy groups -OCH3 is 1. The highest BCUT2D eigenvalue weighted by Gasteiger charge is 2.55. The molecule has 0 atom stereocenters. The highest BCUT2D eigenvalue weighted by Crippen LogP contribution is 2.60. The van der Waals surface area contributed by atoms with Gasteiger partial charge in [0.25, 0.3) is 11.1 Å². The number of carbonyl (C=O) groups excluding carboxylic acids is 4. The van der Waals surface area contributed by atoms with Gasteiger partial charge >= 0.3 is 5.97 Å². The SMILES string of the molecule is COc1cc(/C=C2\SC(=O)N(CC(=O)N3CCOCC3)C2=O)ccc1OC(=O)C12CC3CC(CC(C3)C1)C2. The van der Waals surface area contributed by atoms with Crippen molar-refractivity contribution >= 4 is 40.9 Å². The average molecular weight is 541 g/mol. The van der Waals surface area contributed by atoms with Crippen LogP contribution >= 0.6 is 11.8 Å². The zero-order valence-electron chi connectivity index (χ0n) is 21.5. The summed E-state index contributed by atoms with van der Waals surface area (Å²) in [6.45, 7) is 1.51. The fourth-order valence-electron chi connectivity index (χ4n) is 7.26. The van der Waals surface area contributed by atoms with Crippen LogP contribution in [0.2, 0.25) is 0 Å². The Hall–Kier alpha value is -2.85. The molecular formula is C28H32N2O7S. The van der Waals surface area contributed by atoms with E-state index in [4.69, 9.17) is 14.2 Å². The highest BCUT2D eigenvalue weighted by molar-refractivity contribution is 8.18. The van der Waals surface area contributed by atoms with Crippen molar-refractivity contribution < 1.29 is 33.4 Å². The van der Waals surface area contributed by atoms with Crippen molar-refractivity contribution in [3.8, 4) is 11.5 Å². The molecular weight excluding hydrogens is 508 g/mol. The Kier molecular flexibility index (Phi) is 6.72. The number of morpholine rings is 1. The molecule has 2 heterocycles. The minimum absolute atomic E-state index is 0.159. The largest absolute Gasteiger partial charge is 0.493 e. The second-order valence-electron chi connectivity index (χ2n) is 11.3. The van der Waals surface area contributed by atoms with Crippen LogP contribution in [0, 0.1) is 23.2 Å². The van der Waals surface area contributed by atoms with Crippen molar-refractivity contribution in [2.45, 2.75) is 38.5 Å². The Bertz CT molecular complexity index is 1170. The zero-order chi connectivity index (χ0) is 26.4. The van der Waals surface area contributed by atoms with Crippen molar-refractivity contribution in [3.63, 3.8) is 0 Å². The fourth-order valence-corrected chi connectivity index (χ4v) is 8.10. The summed E-state index contributed by atoms with van der Waals surface area (Å²) in [5.41, 5.74) is 0.247. The van der Waals surface area contributed by atoms with Gasteiger partial charge < -0.3 is 19.1 Å². The monoisotopic (exact) mass is 540 g/mol.